The molecule has 3 heterocycles. The van der Waals surface area contributed by atoms with E-state index in [1.165, 1.54) is 17.0 Å². The van der Waals surface area contributed by atoms with Gasteiger partial charge in [0.1, 0.15) is 17.8 Å². The Kier molecular flexibility index (Phi) is 14.1. The zero-order valence-corrected chi connectivity index (χ0v) is 34.8. The molecule has 0 aliphatic carbocycles. The summed E-state index contributed by atoms with van der Waals surface area (Å²) in [5.74, 6) is 1.75. The van der Waals surface area contributed by atoms with Gasteiger partial charge in [0.25, 0.3) is 0 Å². The molecule has 0 amide bonds. The molecule has 5 aromatic rings. The first kappa shape index (κ1) is 41.7. The van der Waals surface area contributed by atoms with Crippen LogP contribution >= 0.6 is 0 Å². The Morgan fingerprint density at radius 1 is 0.843 bits per heavy atom. The van der Waals surface area contributed by atoms with E-state index >= 15 is 0 Å². The minimum atomic E-state index is -0.337. The fourth-order valence-electron chi connectivity index (χ4n) is 6.04. The smallest absolute Gasteiger partial charge is 0.226 e. The van der Waals surface area contributed by atoms with E-state index in [0.717, 1.165) is 71.2 Å². The van der Waals surface area contributed by atoms with Crippen LogP contribution in [0.3, 0.4) is 0 Å². The number of nitrogens with zero attached hydrogens (tertiary/aromatic N) is 3. The Morgan fingerprint density at radius 3 is 2.08 bits per heavy atom. The molecule has 0 saturated carbocycles. The number of hydrogen-bond acceptors (Lipinski definition) is 6. The van der Waals surface area contributed by atoms with Gasteiger partial charge >= 0.3 is 0 Å². The molecule has 0 atom stereocenters. The van der Waals surface area contributed by atoms with Gasteiger partial charge in [0.2, 0.25) is 5.71 Å². The molecular formula is C44H56IrN3O3-. The monoisotopic (exact) mass is 867 g/mol. The molecule has 0 aliphatic rings. The van der Waals surface area contributed by atoms with Crippen LogP contribution in [0.15, 0.2) is 77.3 Å². The summed E-state index contributed by atoms with van der Waals surface area (Å²) in [6.07, 6.45) is 9.05. The predicted octanol–water partition coefficient (Wildman–Crippen LogP) is 12.0. The van der Waals surface area contributed by atoms with Crippen molar-refractivity contribution >= 4 is 27.7 Å². The van der Waals surface area contributed by atoms with Crippen LogP contribution < -0.4 is 0 Å². The molecule has 7 heteroatoms. The molecule has 1 N–H and O–H groups in total. The summed E-state index contributed by atoms with van der Waals surface area (Å²) in [5, 5.41) is 13.4. The van der Waals surface area contributed by atoms with E-state index in [-0.39, 0.29) is 47.9 Å². The van der Waals surface area contributed by atoms with E-state index < -0.39 is 0 Å². The van der Waals surface area contributed by atoms with Gasteiger partial charge in [-0.3, -0.25) is 9.78 Å². The molecule has 6 nitrogen and oxygen atoms in total. The Labute approximate surface area is 319 Å². The van der Waals surface area contributed by atoms with Gasteiger partial charge in [-0.2, -0.15) is 0 Å². The molecule has 0 spiro atoms. The number of ketones is 1. The number of allylic oxidation sites excluding steroid dienone is 2. The van der Waals surface area contributed by atoms with Gasteiger partial charge in [0.05, 0.1) is 5.69 Å². The molecule has 51 heavy (non-hydrogen) atoms. The summed E-state index contributed by atoms with van der Waals surface area (Å²) in [6.45, 7) is 23.2. The van der Waals surface area contributed by atoms with Gasteiger partial charge in [-0.25, -0.2) is 9.97 Å². The van der Waals surface area contributed by atoms with Crippen molar-refractivity contribution in [2.75, 3.05) is 0 Å². The summed E-state index contributed by atoms with van der Waals surface area (Å²) in [6, 6.07) is 20.3. The van der Waals surface area contributed by atoms with Crippen molar-refractivity contribution in [3.05, 3.63) is 90.3 Å². The third kappa shape index (κ3) is 9.61. The predicted molar refractivity (Wildman–Crippen MR) is 207 cm³/mol. The van der Waals surface area contributed by atoms with Crippen LogP contribution in [-0.2, 0) is 36.7 Å². The van der Waals surface area contributed by atoms with Gasteiger partial charge in [0, 0.05) is 66.3 Å². The number of pyridine rings is 1. The van der Waals surface area contributed by atoms with Crippen LogP contribution in [0.2, 0.25) is 0 Å². The average Bonchev–Trinajstić information content (AvgIpc) is 3.52. The zero-order chi connectivity index (χ0) is 36.9. The number of carbonyl (C=O) groups excluding carboxylic acids is 1. The summed E-state index contributed by atoms with van der Waals surface area (Å²) in [7, 11) is 0. The van der Waals surface area contributed by atoms with E-state index in [1.807, 2.05) is 53.7 Å². The van der Waals surface area contributed by atoms with E-state index in [4.69, 9.17) is 4.42 Å². The van der Waals surface area contributed by atoms with Crippen molar-refractivity contribution in [3.63, 3.8) is 0 Å². The number of benzene rings is 2. The molecule has 2 aromatic carbocycles. The molecule has 0 aliphatic heterocycles. The molecule has 0 unspecified atom stereocenters. The van der Waals surface area contributed by atoms with E-state index in [9.17, 15) is 9.90 Å². The second-order valence-electron chi connectivity index (χ2n) is 15.5. The Morgan fingerprint density at radius 2 is 1.47 bits per heavy atom. The average molecular weight is 867 g/mol. The number of aliphatic hydroxyl groups is 1. The van der Waals surface area contributed by atoms with Crippen LogP contribution in [-0.4, -0.2) is 25.8 Å². The number of fused-ring (bicyclic) bond motifs is 2. The maximum Gasteiger partial charge on any atom is 0.226 e. The van der Waals surface area contributed by atoms with Gasteiger partial charge < -0.3 is 9.52 Å². The quantitative estimate of drug-likeness (QED) is 0.0808. The second-order valence-corrected chi connectivity index (χ2v) is 15.5. The largest absolute Gasteiger partial charge is 0.512 e. The molecule has 1 radical (unpaired) electrons. The van der Waals surface area contributed by atoms with Crippen LogP contribution in [0.25, 0.3) is 44.4 Å². The first-order chi connectivity index (χ1) is 23.6. The van der Waals surface area contributed by atoms with Crippen LogP contribution in [0.4, 0.5) is 0 Å². The molecular weight excluding hydrogens is 811 g/mol. The second kappa shape index (κ2) is 17.2. The minimum Gasteiger partial charge on any atom is -0.512 e. The van der Waals surface area contributed by atoms with Gasteiger partial charge in [0.15, 0.2) is 5.78 Å². The number of furan rings is 1. The third-order valence-corrected chi connectivity index (χ3v) is 10.5. The molecule has 3 aromatic heterocycles. The summed E-state index contributed by atoms with van der Waals surface area (Å²) < 4.78 is 6.00. The van der Waals surface area contributed by atoms with Crippen molar-refractivity contribution in [3.8, 4) is 22.5 Å². The zero-order valence-electron chi connectivity index (χ0n) is 32.4. The molecule has 5 rings (SSSR count). The molecule has 0 fully saturated rings. The number of aliphatic hydroxyl groups excluding tert-OH is 1. The number of rotatable bonds is 11. The van der Waals surface area contributed by atoms with Crippen LogP contribution in [0.5, 0.6) is 0 Å². The van der Waals surface area contributed by atoms with Crippen molar-refractivity contribution < 1.29 is 34.4 Å². The maximum absolute atomic E-state index is 12.2. The van der Waals surface area contributed by atoms with E-state index in [2.05, 4.69) is 92.0 Å². The number of hydrogen-bond donors (Lipinski definition) is 1. The first-order valence-electron chi connectivity index (χ1n) is 18.2. The Bertz CT molecular complexity index is 1960. The third-order valence-electron chi connectivity index (χ3n) is 10.5. The Balaban J connectivity index is 0.000000335. The minimum absolute atomic E-state index is 0. The number of aromatic nitrogens is 3. The molecule has 0 saturated heterocycles. The summed E-state index contributed by atoms with van der Waals surface area (Å²) >= 11 is 0. The Hall–Kier alpha value is -3.67. The van der Waals surface area contributed by atoms with Gasteiger partial charge in [-0.1, -0.05) is 105 Å². The summed E-state index contributed by atoms with van der Waals surface area (Å²) in [4.78, 5) is 25.8. The van der Waals surface area contributed by atoms with Crippen LogP contribution in [0.1, 0.15) is 113 Å². The van der Waals surface area contributed by atoms with Crippen molar-refractivity contribution in [2.45, 2.75) is 114 Å². The van der Waals surface area contributed by atoms with Crippen molar-refractivity contribution in [1.29, 1.82) is 0 Å². The van der Waals surface area contributed by atoms with Gasteiger partial charge in [-0.15, -0.1) is 29.1 Å². The number of carbonyl (C=O) groups is 1. The SMILES string of the molecule is CC(C)Cc1cc2c(-c3cc(-c4[c-]c5ccccc5c(C(C)(C)C)c4)ncn3)ccnc2o1.CCC(C)(CC)C(=O)/C=C(\O)C(C)(CC)CC.[Ir]. The van der Waals surface area contributed by atoms with Crippen molar-refractivity contribution in [2.24, 2.45) is 16.7 Å². The van der Waals surface area contributed by atoms with E-state index in [1.54, 1.807) is 12.5 Å². The van der Waals surface area contributed by atoms with Gasteiger partial charge in [-0.05, 0) is 55.2 Å². The van der Waals surface area contributed by atoms with Crippen molar-refractivity contribution in [1.82, 2.24) is 15.0 Å². The maximum atomic E-state index is 12.2. The topological polar surface area (TPSA) is 89.1 Å². The normalized spacial score (nSPS) is 12.5. The van der Waals surface area contributed by atoms with E-state index in [0.29, 0.717) is 11.6 Å². The molecule has 0 bridgehead atoms. The first-order valence-corrected chi connectivity index (χ1v) is 18.2. The fraction of sp³-hybridized carbons (Fsp3) is 0.455. The summed E-state index contributed by atoms with van der Waals surface area (Å²) in [5.41, 5.74) is 5.01. The molecule has 275 valence electrons. The fourth-order valence-corrected chi connectivity index (χ4v) is 6.04. The standard InChI is InChI=1S/C29H28N3O.C15H28O2.Ir/c1-18(2)12-21-15-24-23(10-11-30-28(24)33-21)27-16-26(31-17-32-27)20-13-19-8-6-7-9-22(19)25(14-20)29(3,4)5;1-7-14(5,8-2)12(16)11-13(17)15(6,9-3)10-4;/h6-11,14-18H,12H2,1-5H3;11,16H,7-10H2,1-6H3;/q-1;;/b;12-11-;. The van der Waals surface area contributed by atoms with Crippen LogP contribution in [0, 0.1) is 22.8 Å².